The molecule has 0 saturated heterocycles. The van der Waals surface area contributed by atoms with Crippen LogP contribution in [0, 0.1) is 15.9 Å². The standard InChI is InChI=1S/C22H17FN2O8S/c23-17-8-4-15(5-9-17)13-24-21(26)14-32-22(27)16-6-10-19(11-7-16)33-34(30,31)20-3-1-2-18(12-20)25(28)29/h1-12H,13-14H2,(H,24,26). The van der Waals surface area contributed by atoms with Crippen LogP contribution in [0.4, 0.5) is 10.1 Å². The lowest BCUT2D eigenvalue weighted by atomic mass is 10.2. The minimum absolute atomic E-state index is 0.0337. The Morgan fingerprint density at radius 1 is 1.00 bits per heavy atom. The van der Waals surface area contributed by atoms with Crippen LogP contribution < -0.4 is 9.50 Å². The second-order valence-electron chi connectivity index (χ2n) is 6.80. The van der Waals surface area contributed by atoms with E-state index < -0.39 is 49.9 Å². The topological polar surface area (TPSA) is 142 Å². The highest BCUT2D eigenvalue weighted by molar-refractivity contribution is 7.87. The van der Waals surface area contributed by atoms with E-state index in [2.05, 4.69) is 5.32 Å². The number of benzene rings is 3. The number of non-ortho nitro benzene ring substituents is 1. The Hall–Kier alpha value is -4.32. The van der Waals surface area contributed by atoms with Crippen molar-refractivity contribution in [2.24, 2.45) is 0 Å². The first-order chi connectivity index (χ1) is 16.1. The van der Waals surface area contributed by atoms with Crippen molar-refractivity contribution in [1.82, 2.24) is 5.32 Å². The van der Waals surface area contributed by atoms with Gasteiger partial charge in [0.25, 0.3) is 11.6 Å². The van der Waals surface area contributed by atoms with Gasteiger partial charge < -0.3 is 14.2 Å². The van der Waals surface area contributed by atoms with Crippen LogP contribution in [0.25, 0.3) is 0 Å². The maximum absolute atomic E-state index is 12.9. The number of carbonyl (C=O) groups is 2. The molecular formula is C22H17FN2O8S. The molecular weight excluding hydrogens is 471 g/mol. The summed E-state index contributed by atoms with van der Waals surface area (Å²) in [5.74, 6) is -1.94. The van der Waals surface area contributed by atoms with Crippen LogP contribution in [0.1, 0.15) is 15.9 Å². The zero-order chi connectivity index (χ0) is 24.7. The molecule has 0 saturated carbocycles. The average molecular weight is 488 g/mol. The van der Waals surface area contributed by atoms with Gasteiger partial charge in [0.1, 0.15) is 16.5 Å². The number of esters is 1. The molecule has 12 heteroatoms. The van der Waals surface area contributed by atoms with Gasteiger partial charge in [-0.15, -0.1) is 0 Å². The Morgan fingerprint density at radius 2 is 1.68 bits per heavy atom. The van der Waals surface area contributed by atoms with Crippen LogP contribution in [0.15, 0.2) is 77.7 Å². The van der Waals surface area contributed by atoms with Crippen LogP contribution in [-0.2, 0) is 26.2 Å². The lowest BCUT2D eigenvalue weighted by Crippen LogP contribution is -2.28. The van der Waals surface area contributed by atoms with E-state index in [9.17, 15) is 32.5 Å². The third-order valence-corrected chi connectivity index (χ3v) is 5.59. The van der Waals surface area contributed by atoms with Gasteiger partial charge in [-0.05, 0) is 48.0 Å². The minimum Gasteiger partial charge on any atom is -0.452 e. The number of rotatable bonds is 9. The number of hydrogen-bond donors (Lipinski definition) is 1. The fraction of sp³-hybridized carbons (Fsp3) is 0.0909. The molecule has 34 heavy (non-hydrogen) atoms. The molecule has 0 aliphatic carbocycles. The van der Waals surface area contributed by atoms with E-state index in [1.165, 1.54) is 54.6 Å². The molecule has 3 aromatic carbocycles. The van der Waals surface area contributed by atoms with Crippen LogP contribution in [0.2, 0.25) is 0 Å². The van der Waals surface area contributed by atoms with Crippen LogP contribution in [0.5, 0.6) is 5.75 Å². The molecule has 0 heterocycles. The molecule has 3 aromatic rings. The summed E-state index contributed by atoms with van der Waals surface area (Å²) in [6, 6.07) is 14.7. The van der Waals surface area contributed by atoms with Gasteiger partial charge in [-0.2, -0.15) is 8.42 Å². The van der Waals surface area contributed by atoms with E-state index in [4.69, 9.17) is 8.92 Å². The Kier molecular flexibility index (Phi) is 7.53. The lowest BCUT2D eigenvalue weighted by molar-refractivity contribution is -0.385. The van der Waals surface area contributed by atoms with Crippen molar-refractivity contribution in [3.63, 3.8) is 0 Å². The molecule has 0 radical (unpaired) electrons. The number of nitro groups is 1. The third kappa shape index (κ3) is 6.59. The highest BCUT2D eigenvalue weighted by Gasteiger charge is 2.20. The number of nitrogens with one attached hydrogen (secondary N) is 1. The summed E-state index contributed by atoms with van der Waals surface area (Å²) in [5.41, 5.74) is 0.285. The van der Waals surface area contributed by atoms with E-state index in [0.29, 0.717) is 5.56 Å². The summed E-state index contributed by atoms with van der Waals surface area (Å²) >= 11 is 0. The fourth-order valence-corrected chi connectivity index (χ4v) is 3.61. The Balaban J connectivity index is 1.53. The van der Waals surface area contributed by atoms with Gasteiger partial charge in [-0.3, -0.25) is 14.9 Å². The van der Waals surface area contributed by atoms with Gasteiger partial charge in [-0.1, -0.05) is 18.2 Å². The van der Waals surface area contributed by atoms with Gasteiger partial charge in [0, 0.05) is 18.7 Å². The number of carbonyl (C=O) groups excluding carboxylic acids is 2. The lowest BCUT2D eigenvalue weighted by Gasteiger charge is -2.09. The summed E-state index contributed by atoms with van der Waals surface area (Å²) < 4.78 is 47.4. The van der Waals surface area contributed by atoms with Crippen molar-refractivity contribution >= 4 is 27.7 Å². The molecule has 0 atom stereocenters. The van der Waals surface area contributed by atoms with Gasteiger partial charge >= 0.3 is 16.1 Å². The molecule has 0 spiro atoms. The van der Waals surface area contributed by atoms with E-state index in [0.717, 1.165) is 18.2 Å². The second kappa shape index (κ2) is 10.5. The van der Waals surface area contributed by atoms with Crippen molar-refractivity contribution in [2.45, 2.75) is 11.4 Å². The van der Waals surface area contributed by atoms with Crippen LogP contribution in [0.3, 0.4) is 0 Å². The molecule has 176 valence electrons. The van der Waals surface area contributed by atoms with Crippen molar-refractivity contribution in [1.29, 1.82) is 0 Å². The summed E-state index contributed by atoms with van der Waals surface area (Å²) in [6.45, 7) is -0.429. The highest BCUT2D eigenvalue weighted by atomic mass is 32.2. The quantitative estimate of drug-likeness (QED) is 0.210. The number of nitro benzene ring substituents is 1. The molecule has 10 nitrogen and oxygen atoms in total. The first-order valence-corrected chi connectivity index (χ1v) is 11.0. The maximum atomic E-state index is 12.9. The molecule has 0 aliphatic heterocycles. The van der Waals surface area contributed by atoms with Gasteiger partial charge in [0.15, 0.2) is 6.61 Å². The number of halogens is 1. The number of ether oxygens (including phenoxy) is 1. The first kappa shape index (κ1) is 24.3. The highest BCUT2D eigenvalue weighted by Crippen LogP contribution is 2.22. The Bertz CT molecular complexity index is 1310. The van der Waals surface area contributed by atoms with Gasteiger partial charge in [0.2, 0.25) is 0 Å². The van der Waals surface area contributed by atoms with Crippen molar-refractivity contribution < 1.29 is 36.2 Å². The molecule has 0 aliphatic rings. The van der Waals surface area contributed by atoms with Crippen LogP contribution >= 0.6 is 0 Å². The van der Waals surface area contributed by atoms with Gasteiger partial charge in [0.05, 0.1) is 10.5 Å². The smallest absolute Gasteiger partial charge is 0.339 e. The fourth-order valence-electron chi connectivity index (χ4n) is 2.64. The summed E-state index contributed by atoms with van der Waals surface area (Å²) in [6.07, 6.45) is 0. The Labute approximate surface area is 193 Å². The molecule has 1 N–H and O–H groups in total. The largest absolute Gasteiger partial charge is 0.452 e. The number of hydrogen-bond acceptors (Lipinski definition) is 8. The molecule has 0 bridgehead atoms. The summed E-state index contributed by atoms with van der Waals surface area (Å²) in [5, 5.41) is 13.4. The first-order valence-electron chi connectivity index (χ1n) is 9.61. The molecule has 0 fully saturated rings. The van der Waals surface area contributed by atoms with E-state index in [1.807, 2.05) is 0 Å². The Morgan fingerprint density at radius 3 is 2.32 bits per heavy atom. The zero-order valence-corrected chi connectivity index (χ0v) is 18.2. The predicted molar refractivity (Wildman–Crippen MR) is 116 cm³/mol. The third-order valence-electron chi connectivity index (χ3n) is 4.35. The number of amides is 1. The van der Waals surface area contributed by atoms with Crippen LogP contribution in [-0.4, -0.2) is 31.8 Å². The summed E-state index contributed by atoms with van der Waals surface area (Å²) in [4.78, 5) is 33.6. The molecule has 1 amide bonds. The second-order valence-corrected chi connectivity index (χ2v) is 8.34. The summed E-state index contributed by atoms with van der Waals surface area (Å²) in [7, 11) is -4.35. The molecule has 0 aromatic heterocycles. The molecule has 0 unspecified atom stereocenters. The monoisotopic (exact) mass is 488 g/mol. The minimum atomic E-state index is -4.35. The SMILES string of the molecule is O=C(COC(=O)c1ccc(OS(=O)(=O)c2cccc([N+](=O)[O-])c2)cc1)NCc1ccc(F)cc1. The zero-order valence-electron chi connectivity index (χ0n) is 17.3. The van der Waals surface area contributed by atoms with Gasteiger partial charge in [-0.25, -0.2) is 9.18 Å². The maximum Gasteiger partial charge on any atom is 0.339 e. The predicted octanol–water partition coefficient (Wildman–Crippen LogP) is 2.97. The van der Waals surface area contributed by atoms with E-state index in [-0.39, 0.29) is 17.9 Å². The van der Waals surface area contributed by atoms with E-state index >= 15 is 0 Å². The normalized spacial score (nSPS) is 10.9. The van der Waals surface area contributed by atoms with E-state index in [1.54, 1.807) is 0 Å². The average Bonchev–Trinajstić information content (AvgIpc) is 2.82. The molecule has 3 rings (SSSR count). The van der Waals surface area contributed by atoms with Crippen molar-refractivity contribution in [2.75, 3.05) is 6.61 Å². The van der Waals surface area contributed by atoms with Crippen molar-refractivity contribution in [3.05, 3.63) is 99.9 Å². The number of nitrogens with zero attached hydrogens (tertiary/aromatic N) is 1. The van der Waals surface area contributed by atoms with Crippen molar-refractivity contribution in [3.8, 4) is 5.75 Å².